The highest BCUT2D eigenvalue weighted by Gasteiger charge is 2.34. The lowest BCUT2D eigenvalue weighted by Crippen LogP contribution is -2.45. The topological polar surface area (TPSA) is 29.5 Å². The van der Waals surface area contributed by atoms with Gasteiger partial charge in [-0.3, -0.25) is 9.69 Å². The molecule has 2 heterocycles. The molecule has 0 saturated carbocycles. The number of rotatable bonds is 2. The molecule has 2 aliphatic heterocycles. The lowest BCUT2D eigenvalue weighted by molar-refractivity contribution is -0.124. The Kier molecular flexibility index (Phi) is 3.38. The molecule has 1 aromatic rings. The van der Waals surface area contributed by atoms with Crippen LogP contribution in [0.25, 0.3) is 0 Å². The summed E-state index contributed by atoms with van der Waals surface area (Å²) in [5.74, 6) is 1.23. The smallest absolute Gasteiger partial charge is 0.136 e. The first-order valence-corrected chi connectivity index (χ1v) is 6.86. The van der Waals surface area contributed by atoms with E-state index in [-0.39, 0.29) is 6.04 Å². The Balaban J connectivity index is 1.88. The van der Waals surface area contributed by atoms with E-state index in [0.717, 1.165) is 18.7 Å². The summed E-state index contributed by atoms with van der Waals surface area (Å²) in [6.07, 6.45) is 6.78. The van der Waals surface area contributed by atoms with E-state index in [0.29, 0.717) is 24.7 Å². The number of ketones is 1. The number of carbonyl (C=O) groups is 1. The Morgan fingerprint density at radius 2 is 2.00 bits per heavy atom. The van der Waals surface area contributed by atoms with Crippen LogP contribution >= 0.6 is 0 Å². The molecule has 1 fully saturated rings. The first-order valence-electron chi connectivity index (χ1n) is 6.86. The molecule has 2 atom stereocenters. The van der Waals surface area contributed by atoms with Crippen LogP contribution in [0.1, 0.15) is 30.9 Å². The minimum atomic E-state index is 0.224. The van der Waals surface area contributed by atoms with Gasteiger partial charge in [-0.1, -0.05) is 24.3 Å². The minimum Gasteiger partial charge on any atom is -0.497 e. The number of hydrogen-bond acceptors (Lipinski definition) is 3. The molecule has 3 nitrogen and oxygen atoms in total. The van der Waals surface area contributed by atoms with Crippen LogP contribution in [-0.2, 0) is 4.79 Å². The van der Waals surface area contributed by atoms with Crippen molar-refractivity contribution in [1.82, 2.24) is 4.90 Å². The van der Waals surface area contributed by atoms with Crippen LogP contribution in [0.2, 0.25) is 0 Å². The number of fused-ring (bicyclic) bond motifs is 1. The molecule has 0 aliphatic carbocycles. The molecular weight excluding hydrogens is 238 g/mol. The highest BCUT2D eigenvalue weighted by atomic mass is 16.5. The van der Waals surface area contributed by atoms with Crippen molar-refractivity contribution < 1.29 is 9.53 Å². The number of benzene rings is 1. The molecule has 0 N–H and O–H groups in total. The summed E-state index contributed by atoms with van der Waals surface area (Å²) in [7, 11) is 1.67. The van der Waals surface area contributed by atoms with Crippen molar-refractivity contribution in [2.75, 3.05) is 13.7 Å². The highest BCUT2D eigenvalue weighted by molar-refractivity contribution is 5.81. The first kappa shape index (κ1) is 12.4. The molecule has 100 valence electrons. The third-order valence-corrected chi connectivity index (χ3v) is 4.10. The summed E-state index contributed by atoms with van der Waals surface area (Å²) in [6.45, 7) is 1.05. The van der Waals surface area contributed by atoms with Crippen molar-refractivity contribution in [3.8, 4) is 5.75 Å². The zero-order valence-corrected chi connectivity index (χ0v) is 11.2. The molecule has 1 aromatic carbocycles. The van der Waals surface area contributed by atoms with Gasteiger partial charge in [-0.15, -0.1) is 0 Å². The Morgan fingerprint density at radius 1 is 1.21 bits per heavy atom. The molecule has 0 amide bonds. The van der Waals surface area contributed by atoms with Crippen molar-refractivity contribution >= 4 is 5.78 Å². The Labute approximate surface area is 113 Å². The number of Topliss-reactive ketones (excluding diaryl/α,β-unsaturated/α-hetero) is 1. The van der Waals surface area contributed by atoms with E-state index in [2.05, 4.69) is 29.2 Å². The van der Waals surface area contributed by atoms with Crippen LogP contribution in [0.5, 0.6) is 5.75 Å². The molecule has 3 heteroatoms. The Morgan fingerprint density at radius 3 is 2.74 bits per heavy atom. The zero-order valence-electron chi connectivity index (χ0n) is 11.2. The lowest BCUT2D eigenvalue weighted by atomic mass is 9.88. The van der Waals surface area contributed by atoms with Crippen LogP contribution in [0, 0.1) is 0 Å². The van der Waals surface area contributed by atoms with Crippen LogP contribution < -0.4 is 4.74 Å². The predicted octanol–water partition coefficient (Wildman–Crippen LogP) is 2.73. The molecule has 0 spiro atoms. The van der Waals surface area contributed by atoms with Gasteiger partial charge in [0.2, 0.25) is 0 Å². The van der Waals surface area contributed by atoms with E-state index in [1.807, 2.05) is 12.1 Å². The van der Waals surface area contributed by atoms with Crippen molar-refractivity contribution in [2.45, 2.75) is 31.3 Å². The van der Waals surface area contributed by atoms with Gasteiger partial charge in [0.25, 0.3) is 0 Å². The second kappa shape index (κ2) is 5.17. The minimum absolute atomic E-state index is 0.224. The standard InChI is InChI=1S/C16H19NO2/c1-19-15-7-5-12(6-8-15)16-11-14(18)10-13-4-2-3-9-17(13)16/h2,4-8,13,16H,3,9-11H2,1H3/t13-,16+/m1/s1. The molecule has 3 rings (SSSR count). The van der Waals surface area contributed by atoms with Crippen LogP contribution in [-0.4, -0.2) is 30.4 Å². The van der Waals surface area contributed by atoms with Gasteiger partial charge in [0, 0.05) is 31.5 Å². The average molecular weight is 257 g/mol. The van der Waals surface area contributed by atoms with Crippen molar-refractivity contribution in [3.05, 3.63) is 42.0 Å². The number of methoxy groups -OCH3 is 1. The fraction of sp³-hybridized carbons (Fsp3) is 0.438. The van der Waals surface area contributed by atoms with Crippen molar-refractivity contribution in [3.63, 3.8) is 0 Å². The number of piperidine rings is 1. The molecule has 2 aliphatic rings. The largest absolute Gasteiger partial charge is 0.497 e. The summed E-state index contributed by atoms with van der Waals surface area (Å²) in [4.78, 5) is 14.4. The molecule has 0 bridgehead atoms. The third kappa shape index (κ3) is 2.43. The average Bonchev–Trinajstić information content (AvgIpc) is 2.46. The summed E-state index contributed by atoms with van der Waals surface area (Å²) in [6, 6.07) is 8.63. The summed E-state index contributed by atoms with van der Waals surface area (Å²) in [5, 5.41) is 0. The number of carbonyl (C=O) groups excluding carboxylic acids is 1. The van der Waals surface area contributed by atoms with Gasteiger partial charge in [0.05, 0.1) is 7.11 Å². The second-order valence-electron chi connectivity index (χ2n) is 5.26. The predicted molar refractivity (Wildman–Crippen MR) is 74.2 cm³/mol. The molecule has 0 unspecified atom stereocenters. The van der Waals surface area contributed by atoms with Crippen LogP contribution in [0.4, 0.5) is 0 Å². The maximum Gasteiger partial charge on any atom is 0.136 e. The number of ether oxygens (including phenoxy) is 1. The van der Waals surface area contributed by atoms with E-state index in [4.69, 9.17) is 4.74 Å². The van der Waals surface area contributed by atoms with Gasteiger partial charge in [-0.2, -0.15) is 0 Å². The van der Waals surface area contributed by atoms with E-state index >= 15 is 0 Å². The van der Waals surface area contributed by atoms with Crippen LogP contribution in [0.15, 0.2) is 36.4 Å². The Hall–Kier alpha value is -1.61. The second-order valence-corrected chi connectivity index (χ2v) is 5.26. The molecule has 0 aromatic heterocycles. The number of nitrogens with zero attached hydrogens (tertiary/aromatic N) is 1. The van der Waals surface area contributed by atoms with Gasteiger partial charge in [0.1, 0.15) is 11.5 Å². The van der Waals surface area contributed by atoms with Gasteiger partial charge in [-0.25, -0.2) is 0 Å². The fourth-order valence-corrected chi connectivity index (χ4v) is 3.11. The van der Waals surface area contributed by atoms with Gasteiger partial charge in [0.15, 0.2) is 0 Å². The fourth-order valence-electron chi connectivity index (χ4n) is 3.11. The van der Waals surface area contributed by atoms with Crippen LogP contribution in [0.3, 0.4) is 0 Å². The zero-order chi connectivity index (χ0) is 13.2. The SMILES string of the molecule is COc1ccc([C@@H]2CC(=O)C[C@H]3C=CCCN32)cc1. The Bertz CT molecular complexity index is 492. The molecular formula is C16H19NO2. The summed E-state index contributed by atoms with van der Waals surface area (Å²) in [5.41, 5.74) is 1.22. The van der Waals surface area contributed by atoms with Crippen molar-refractivity contribution in [2.24, 2.45) is 0 Å². The normalized spacial score (nSPS) is 27.1. The molecule has 19 heavy (non-hydrogen) atoms. The monoisotopic (exact) mass is 257 g/mol. The third-order valence-electron chi connectivity index (χ3n) is 4.10. The lowest BCUT2D eigenvalue weighted by Gasteiger charge is -2.42. The first-order chi connectivity index (χ1) is 9.28. The summed E-state index contributed by atoms with van der Waals surface area (Å²) >= 11 is 0. The van der Waals surface area contributed by atoms with E-state index < -0.39 is 0 Å². The molecule has 1 saturated heterocycles. The van der Waals surface area contributed by atoms with E-state index in [1.165, 1.54) is 5.56 Å². The van der Waals surface area contributed by atoms with Gasteiger partial charge >= 0.3 is 0 Å². The van der Waals surface area contributed by atoms with Crippen molar-refractivity contribution in [1.29, 1.82) is 0 Å². The maximum absolute atomic E-state index is 11.9. The van der Waals surface area contributed by atoms with Gasteiger partial charge < -0.3 is 4.74 Å². The van der Waals surface area contributed by atoms with E-state index in [1.54, 1.807) is 7.11 Å². The quantitative estimate of drug-likeness (QED) is 0.763. The van der Waals surface area contributed by atoms with E-state index in [9.17, 15) is 4.79 Å². The van der Waals surface area contributed by atoms with Gasteiger partial charge in [-0.05, 0) is 24.1 Å². The summed E-state index contributed by atoms with van der Waals surface area (Å²) < 4.78 is 5.19. The number of hydrogen-bond donors (Lipinski definition) is 0. The maximum atomic E-state index is 11.9. The highest BCUT2D eigenvalue weighted by Crippen LogP contribution is 2.35. The molecule has 0 radical (unpaired) electrons.